The Balaban J connectivity index is 1.51. The number of anilines is 1. The van der Waals surface area contributed by atoms with Gasteiger partial charge in [0.05, 0.1) is 17.2 Å². The first-order valence-electron chi connectivity index (χ1n) is 8.27. The molecule has 0 saturated carbocycles. The number of amides is 2. The van der Waals surface area contributed by atoms with Crippen LogP contribution in [0.4, 0.5) is 5.00 Å². The van der Waals surface area contributed by atoms with E-state index in [0.29, 0.717) is 39.4 Å². The number of carbonyl (C=O) groups is 2. The lowest BCUT2D eigenvalue weighted by Crippen LogP contribution is -2.18. The molecular weight excluding hydrogens is 395 g/mol. The zero-order valence-electron chi connectivity index (χ0n) is 13.9. The van der Waals surface area contributed by atoms with E-state index in [2.05, 4.69) is 5.32 Å². The lowest BCUT2D eigenvalue weighted by molar-refractivity contribution is -0.116. The van der Waals surface area contributed by atoms with Gasteiger partial charge in [-0.2, -0.15) is 0 Å². The van der Waals surface area contributed by atoms with E-state index in [4.69, 9.17) is 33.7 Å². The third-order valence-corrected chi connectivity index (χ3v) is 5.86. The maximum Gasteiger partial charge on any atom is 0.251 e. The number of thiophene rings is 1. The van der Waals surface area contributed by atoms with Gasteiger partial charge in [-0.05, 0) is 49.4 Å². The molecule has 1 aliphatic rings. The summed E-state index contributed by atoms with van der Waals surface area (Å²) in [7, 11) is 0. The van der Waals surface area contributed by atoms with E-state index in [9.17, 15) is 9.59 Å². The maximum atomic E-state index is 12.2. The maximum absolute atomic E-state index is 12.2. The molecule has 1 aromatic carbocycles. The topological polar surface area (TPSA) is 81.4 Å². The summed E-state index contributed by atoms with van der Waals surface area (Å²) < 4.78 is 5.56. The minimum absolute atomic E-state index is 0.168. The Morgan fingerprint density at radius 1 is 1.27 bits per heavy atom. The first kappa shape index (κ1) is 19.0. The fourth-order valence-corrected chi connectivity index (χ4v) is 4.72. The van der Waals surface area contributed by atoms with Gasteiger partial charge in [-0.3, -0.25) is 9.59 Å². The highest BCUT2D eigenvalue weighted by molar-refractivity contribution is 7.17. The molecule has 1 heterocycles. The number of rotatable bonds is 7. The number of nitrogens with two attached hydrogens (primary N) is 1. The third-order valence-electron chi connectivity index (χ3n) is 4.12. The molecule has 0 radical (unpaired) electrons. The molecular formula is C18H18Cl2N2O3S. The number of primary amides is 1. The zero-order valence-corrected chi connectivity index (χ0v) is 16.3. The summed E-state index contributed by atoms with van der Waals surface area (Å²) in [5.41, 5.74) is 6.96. The van der Waals surface area contributed by atoms with Crippen molar-refractivity contribution >= 4 is 51.4 Å². The number of nitrogens with one attached hydrogen (secondary N) is 1. The van der Waals surface area contributed by atoms with Crippen LogP contribution in [0.25, 0.3) is 0 Å². The summed E-state index contributed by atoms with van der Waals surface area (Å²) in [5, 5.41) is 4.35. The Labute approximate surface area is 165 Å². The molecule has 8 heteroatoms. The fourth-order valence-electron chi connectivity index (χ4n) is 2.95. The molecule has 26 heavy (non-hydrogen) atoms. The number of carbonyl (C=O) groups excluding carboxylic acids is 2. The predicted octanol–water partition coefficient (Wildman–Crippen LogP) is 4.44. The summed E-state index contributed by atoms with van der Waals surface area (Å²) in [6, 6.07) is 4.99. The van der Waals surface area contributed by atoms with Gasteiger partial charge < -0.3 is 15.8 Å². The van der Waals surface area contributed by atoms with E-state index >= 15 is 0 Å². The van der Waals surface area contributed by atoms with E-state index in [1.165, 1.54) is 11.3 Å². The van der Waals surface area contributed by atoms with E-state index in [1.54, 1.807) is 18.2 Å². The van der Waals surface area contributed by atoms with Crippen molar-refractivity contribution in [3.8, 4) is 5.75 Å². The second kappa shape index (κ2) is 8.29. The van der Waals surface area contributed by atoms with Gasteiger partial charge in [0, 0.05) is 16.3 Å². The number of aryl methyl sites for hydroxylation is 1. The van der Waals surface area contributed by atoms with Crippen LogP contribution in [-0.2, 0) is 17.6 Å². The van der Waals surface area contributed by atoms with Crippen LogP contribution < -0.4 is 15.8 Å². The summed E-state index contributed by atoms with van der Waals surface area (Å²) in [5.74, 6) is -0.124. The van der Waals surface area contributed by atoms with E-state index in [0.717, 1.165) is 29.7 Å². The van der Waals surface area contributed by atoms with Gasteiger partial charge in [0.1, 0.15) is 10.8 Å². The van der Waals surface area contributed by atoms with Gasteiger partial charge in [-0.25, -0.2) is 0 Å². The van der Waals surface area contributed by atoms with Crippen LogP contribution in [0.15, 0.2) is 18.2 Å². The van der Waals surface area contributed by atoms with Gasteiger partial charge in [-0.1, -0.05) is 23.2 Å². The lowest BCUT2D eigenvalue weighted by atomic mass is 10.1. The Bertz CT molecular complexity index is 851. The molecule has 5 nitrogen and oxygen atoms in total. The highest BCUT2D eigenvalue weighted by Crippen LogP contribution is 2.38. The van der Waals surface area contributed by atoms with Gasteiger partial charge in [0.2, 0.25) is 5.91 Å². The van der Waals surface area contributed by atoms with Crippen LogP contribution in [0.5, 0.6) is 5.75 Å². The van der Waals surface area contributed by atoms with Crippen LogP contribution in [0.3, 0.4) is 0 Å². The second-order valence-corrected chi connectivity index (χ2v) is 7.95. The van der Waals surface area contributed by atoms with Crippen LogP contribution in [-0.4, -0.2) is 18.4 Å². The number of halogens is 2. The zero-order chi connectivity index (χ0) is 18.7. The highest BCUT2D eigenvalue weighted by Gasteiger charge is 2.25. The molecule has 0 unspecified atom stereocenters. The van der Waals surface area contributed by atoms with Gasteiger partial charge in [0.15, 0.2) is 0 Å². The quantitative estimate of drug-likeness (QED) is 0.659. The standard InChI is InChI=1S/C18H18Cl2N2O3S/c19-10-6-7-13(12(20)9-10)25-8-2-5-15(23)22-18-16(17(21)24)11-3-1-4-14(11)26-18/h6-7,9H,1-5,8H2,(H2,21,24)(H,22,23). The summed E-state index contributed by atoms with van der Waals surface area (Å²) >= 11 is 13.3. The third kappa shape index (κ3) is 4.31. The molecule has 3 rings (SSSR count). The Kier molecular flexibility index (Phi) is 6.06. The average Bonchev–Trinajstić information content (AvgIpc) is 3.13. The summed E-state index contributed by atoms with van der Waals surface area (Å²) in [6.45, 7) is 0.346. The van der Waals surface area contributed by atoms with Crippen LogP contribution in [0.2, 0.25) is 10.0 Å². The largest absolute Gasteiger partial charge is 0.492 e. The van der Waals surface area contributed by atoms with Crippen molar-refractivity contribution in [3.05, 3.63) is 44.2 Å². The molecule has 0 spiro atoms. The lowest BCUT2D eigenvalue weighted by Gasteiger charge is -2.09. The monoisotopic (exact) mass is 412 g/mol. The number of fused-ring (bicyclic) bond motifs is 1. The molecule has 0 bridgehead atoms. The Hall–Kier alpha value is -1.76. The molecule has 0 saturated heterocycles. The number of hydrogen-bond acceptors (Lipinski definition) is 4. The fraction of sp³-hybridized carbons (Fsp3) is 0.333. The molecule has 138 valence electrons. The molecule has 2 amide bonds. The van der Waals surface area contributed by atoms with E-state index < -0.39 is 5.91 Å². The first-order chi connectivity index (χ1) is 12.5. The molecule has 1 aromatic heterocycles. The number of hydrogen-bond donors (Lipinski definition) is 2. The molecule has 1 aliphatic carbocycles. The molecule has 0 fully saturated rings. The average molecular weight is 413 g/mol. The van der Waals surface area contributed by atoms with Crippen molar-refractivity contribution < 1.29 is 14.3 Å². The van der Waals surface area contributed by atoms with E-state index in [-0.39, 0.29) is 12.3 Å². The van der Waals surface area contributed by atoms with Gasteiger partial charge >= 0.3 is 0 Å². The minimum atomic E-state index is -0.486. The van der Waals surface area contributed by atoms with Gasteiger partial charge in [0.25, 0.3) is 5.91 Å². The molecule has 3 N–H and O–H groups in total. The van der Waals surface area contributed by atoms with Crippen molar-refractivity contribution in [2.24, 2.45) is 5.73 Å². The Morgan fingerprint density at radius 3 is 2.81 bits per heavy atom. The minimum Gasteiger partial charge on any atom is -0.492 e. The molecule has 2 aromatic rings. The second-order valence-electron chi connectivity index (χ2n) is 6.00. The number of ether oxygens (including phenoxy) is 1. The van der Waals surface area contributed by atoms with Crippen molar-refractivity contribution in [1.29, 1.82) is 0 Å². The van der Waals surface area contributed by atoms with Crippen LogP contribution in [0.1, 0.15) is 40.1 Å². The van der Waals surface area contributed by atoms with Crippen molar-refractivity contribution in [2.75, 3.05) is 11.9 Å². The van der Waals surface area contributed by atoms with Crippen LogP contribution in [0, 0.1) is 0 Å². The van der Waals surface area contributed by atoms with Crippen LogP contribution >= 0.6 is 34.5 Å². The normalized spacial score (nSPS) is 12.7. The molecule has 0 atom stereocenters. The van der Waals surface area contributed by atoms with Crippen molar-refractivity contribution in [1.82, 2.24) is 0 Å². The van der Waals surface area contributed by atoms with Crippen molar-refractivity contribution in [2.45, 2.75) is 32.1 Å². The van der Waals surface area contributed by atoms with Crippen molar-refractivity contribution in [3.63, 3.8) is 0 Å². The molecule has 0 aliphatic heterocycles. The van der Waals surface area contributed by atoms with E-state index in [1.807, 2.05) is 0 Å². The highest BCUT2D eigenvalue weighted by atomic mass is 35.5. The summed E-state index contributed by atoms with van der Waals surface area (Å²) in [6.07, 6.45) is 3.59. The Morgan fingerprint density at radius 2 is 2.08 bits per heavy atom. The number of benzene rings is 1. The summed E-state index contributed by atoms with van der Waals surface area (Å²) in [4.78, 5) is 25.1. The SMILES string of the molecule is NC(=O)c1c(NC(=O)CCCOc2ccc(Cl)cc2Cl)sc2c1CCC2. The van der Waals surface area contributed by atoms with Gasteiger partial charge in [-0.15, -0.1) is 11.3 Å². The predicted molar refractivity (Wildman–Crippen MR) is 105 cm³/mol. The first-order valence-corrected chi connectivity index (χ1v) is 9.85. The smallest absolute Gasteiger partial charge is 0.251 e.